The summed E-state index contributed by atoms with van der Waals surface area (Å²) < 4.78 is 0. The normalized spacial score (nSPS) is 17.5. The minimum Gasteiger partial charge on any atom is -0.0915 e. The zero-order valence-electron chi connectivity index (χ0n) is 22.5. The van der Waals surface area contributed by atoms with E-state index >= 15 is 0 Å². The van der Waals surface area contributed by atoms with E-state index in [1.807, 2.05) is 6.92 Å². The molecular formula is C34H46. The summed E-state index contributed by atoms with van der Waals surface area (Å²) >= 11 is 0. The highest BCUT2D eigenvalue weighted by Gasteiger charge is 2.34. The SMILES string of the molecule is C=C(/C=C\C=C/C)C1=c2cc3ccccc3cc2=CCC1C(C)(C=CCC)CC.CCCCC. The molecule has 2 aromatic carbocycles. The van der Waals surface area contributed by atoms with Crippen LogP contribution in [0.1, 0.15) is 80.1 Å². The van der Waals surface area contributed by atoms with Gasteiger partial charge in [0.25, 0.3) is 0 Å². The van der Waals surface area contributed by atoms with Crippen LogP contribution in [0.5, 0.6) is 0 Å². The van der Waals surface area contributed by atoms with E-state index in [1.54, 1.807) is 0 Å². The van der Waals surface area contributed by atoms with Crippen LogP contribution in [0.25, 0.3) is 22.4 Å². The molecule has 0 amide bonds. The van der Waals surface area contributed by atoms with Crippen molar-refractivity contribution in [3.63, 3.8) is 0 Å². The number of hydrogen-bond acceptors (Lipinski definition) is 0. The van der Waals surface area contributed by atoms with Gasteiger partial charge in [-0.15, -0.1) is 0 Å². The molecule has 0 saturated heterocycles. The molecule has 0 heterocycles. The van der Waals surface area contributed by atoms with Crippen molar-refractivity contribution in [2.75, 3.05) is 0 Å². The second-order valence-corrected chi connectivity index (χ2v) is 9.63. The zero-order chi connectivity index (χ0) is 25.0. The summed E-state index contributed by atoms with van der Waals surface area (Å²) in [5.41, 5.74) is 2.64. The molecule has 0 aromatic heterocycles. The van der Waals surface area contributed by atoms with Gasteiger partial charge in [0.15, 0.2) is 0 Å². The van der Waals surface area contributed by atoms with Crippen LogP contribution >= 0.6 is 0 Å². The van der Waals surface area contributed by atoms with Gasteiger partial charge >= 0.3 is 0 Å². The second kappa shape index (κ2) is 14.0. The molecule has 34 heavy (non-hydrogen) atoms. The van der Waals surface area contributed by atoms with Gasteiger partial charge in [-0.05, 0) is 82.0 Å². The molecule has 2 unspecified atom stereocenters. The molecule has 2 atom stereocenters. The summed E-state index contributed by atoms with van der Waals surface area (Å²) in [6.45, 7) is 17.9. The van der Waals surface area contributed by atoms with Crippen molar-refractivity contribution in [2.45, 2.75) is 80.1 Å². The topological polar surface area (TPSA) is 0 Å². The first-order valence-electron chi connectivity index (χ1n) is 13.3. The zero-order valence-corrected chi connectivity index (χ0v) is 22.5. The standard InChI is InChI=1S/C29H34.C5H12/c1-6-9-11-14-22(4)28-26-21-24-16-13-12-15-23(24)20-25(26)17-18-27(28)29(5,8-3)19-10-7-2;1-3-5-4-2/h6,9-17,19-21,27H,4,7-8,18H2,1-3,5H3;3-5H2,1-2H3/b9-6-,14-11-,19-10?;. The molecular weight excluding hydrogens is 408 g/mol. The van der Waals surface area contributed by atoms with Gasteiger partial charge < -0.3 is 0 Å². The van der Waals surface area contributed by atoms with E-state index in [0.717, 1.165) is 24.8 Å². The number of allylic oxidation sites excluding steroid dienone is 7. The second-order valence-electron chi connectivity index (χ2n) is 9.63. The van der Waals surface area contributed by atoms with E-state index in [4.69, 9.17) is 0 Å². The van der Waals surface area contributed by atoms with E-state index < -0.39 is 0 Å². The molecule has 0 saturated carbocycles. The Morgan fingerprint density at radius 3 is 2.26 bits per heavy atom. The molecule has 0 bridgehead atoms. The average molecular weight is 455 g/mol. The molecule has 0 aliphatic heterocycles. The van der Waals surface area contributed by atoms with Crippen LogP contribution < -0.4 is 10.4 Å². The Bertz CT molecular complexity index is 1140. The van der Waals surface area contributed by atoms with Gasteiger partial charge in [-0.2, -0.15) is 0 Å². The van der Waals surface area contributed by atoms with Gasteiger partial charge in [0.05, 0.1) is 0 Å². The smallest absolute Gasteiger partial charge is 0.00267 e. The maximum atomic E-state index is 4.51. The molecule has 0 spiro atoms. The molecule has 2 aromatic rings. The fraction of sp³-hybridized carbons (Fsp3) is 0.412. The lowest BCUT2D eigenvalue weighted by Gasteiger charge is -2.38. The molecule has 1 aliphatic rings. The quantitative estimate of drug-likeness (QED) is 0.262. The van der Waals surface area contributed by atoms with Crippen LogP contribution in [-0.4, -0.2) is 0 Å². The van der Waals surface area contributed by atoms with E-state index in [9.17, 15) is 0 Å². The number of hydrogen-bond donors (Lipinski definition) is 0. The van der Waals surface area contributed by atoms with Crippen molar-refractivity contribution in [3.05, 3.63) is 95.4 Å². The number of fused-ring (bicyclic) bond motifs is 2. The molecule has 0 fully saturated rings. The van der Waals surface area contributed by atoms with Gasteiger partial charge in [-0.3, -0.25) is 0 Å². The lowest BCUT2D eigenvalue weighted by atomic mass is 9.66. The summed E-state index contributed by atoms with van der Waals surface area (Å²) in [6, 6.07) is 13.4. The summed E-state index contributed by atoms with van der Waals surface area (Å²) in [5, 5.41) is 5.29. The number of rotatable bonds is 9. The molecule has 0 nitrogen and oxygen atoms in total. The largest absolute Gasteiger partial charge is 0.0915 e. The molecule has 3 rings (SSSR count). The minimum atomic E-state index is 0.114. The average Bonchev–Trinajstić information content (AvgIpc) is 2.86. The van der Waals surface area contributed by atoms with Gasteiger partial charge in [0.2, 0.25) is 0 Å². The fourth-order valence-corrected chi connectivity index (χ4v) is 4.80. The first-order valence-corrected chi connectivity index (χ1v) is 13.3. The Labute approximate surface area is 209 Å². The van der Waals surface area contributed by atoms with Gasteiger partial charge in [-0.1, -0.05) is 127 Å². The van der Waals surface area contributed by atoms with Crippen LogP contribution in [0, 0.1) is 11.3 Å². The third-order valence-corrected chi connectivity index (χ3v) is 7.08. The third kappa shape index (κ3) is 6.95. The maximum Gasteiger partial charge on any atom is -0.00267 e. The van der Waals surface area contributed by atoms with Crippen LogP contribution in [-0.2, 0) is 0 Å². The van der Waals surface area contributed by atoms with Gasteiger partial charge in [-0.25, -0.2) is 0 Å². The number of benzene rings is 2. The summed E-state index contributed by atoms with van der Waals surface area (Å²) in [4.78, 5) is 0. The van der Waals surface area contributed by atoms with Crippen molar-refractivity contribution >= 4 is 22.4 Å². The molecule has 0 heteroatoms. The van der Waals surface area contributed by atoms with Crippen molar-refractivity contribution in [2.24, 2.45) is 11.3 Å². The Morgan fingerprint density at radius 1 is 1.03 bits per heavy atom. The van der Waals surface area contributed by atoms with Crippen LogP contribution in [0.2, 0.25) is 0 Å². The van der Waals surface area contributed by atoms with Crippen molar-refractivity contribution in [1.29, 1.82) is 0 Å². The van der Waals surface area contributed by atoms with Crippen molar-refractivity contribution in [1.82, 2.24) is 0 Å². The lowest BCUT2D eigenvalue weighted by Crippen LogP contribution is -2.38. The van der Waals surface area contributed by atoms with Crippen LogP contribution in [0.4, 0.5) is 0 Å². The first-order chi connectivity index (χ1) is 16.4. The van der Waals surface area contributed by atoms with Crippen LogP contribution in [0.15, 0.2) is 85.0 Å². The Hall–Kier alpha value is -2.60. The van der Waals surface area contributed by atoms with Crippen molar-refractivity contribution < 1.29 is 0 Å². The van der Waals surface area contributed by atoms with Gasteiger partial charge in [0, 0.05) is 0 Å². The molecule has 0 N–H and O–H groups in total. The monoisotopic (exact) mass is 454 g/mol. The fourth-order valence-electron chi connectivity index (χ4n) is 4.80. The predicted octanol–water partition coefficient (Wildman–Crippen LogP) is 9.06. The summed E-state index contributed by atoms with van der Waals surface area (Å²) in [7, 11) is 0. The lowest BCUT2D eigenvalue weighted by molar-refractivity contribution is 0.309. The third-order valence-electron chi connectivity index (χ3n) is 7.08. The highest BCUT2D eigenvalue weighted by atomic mass is 14.4. The van der Waals surface area contributed by atoms with E-state index in [0.29, 0.717) is 5.92 Å². The predicted molar refractivity (Wildman–Crippen MR) is 155 cm³/mol. The molecule has 0 radical (unpaired) electrons. The van der Waals surface area contributed by atoms with Crippen LogP contribution in [0.3, 0.4) is 0 Å². The maximum absolute atomic E-state index is 4.51. The summed E-state index contributed by atoms with van der Waals surface area (Å²) in [6.07, 6.45) is 22.9. The highest BCUT2D eigenvalue weighted by molar-refractivity contribution is 5.85. The van der Waals surface area contributed by atoms with E-state index in [-0.39, 0.29) is 5.41 Å². The number of unbranched alkanes of at least 4 members (excludes halogenated alkanes) is 2. The highest BCUT2D eigenvalue weighted by Crippen LogP contribution is 2.43. The Morgan fingerprint density at radius 2 is 1.71 bits per heavy atom. The van der Waals surface area contributed by atoms with E-state index in [1.165, 1.54) is 46.0 Å². The Kier molecular flexibility index (Phi) is 11.3. The van der Waals surface area contributed by atoms with Gasteiger partial charge in [0.1, 0.15) is 0 Å². The van der Waals surface area contributed by atoms with E-state index in [2.05, 4.69) is 120 Å². The first kappa shape index (κ1) is 27.6. The summed E-state index contributed by atoms with van der Waals surface area (Å²) in [5.74, 6) is 0.423. The minimum absolute atomic E-state index is 0.114. The molecule has 182 valence electrons. The Balaban J connectivity index is 0.000000739. The van der Waals surface area contributed by atoms with Crippen molar-refractivity contribution in [3.8, 4) is 0 Å². The molecule has 1 aliphatic carbocycles.